The number of rotatable bonds is 2. The minimum Gasteiger partial charge on any atom is -1.00 e. The van der Waals surface area contributed by atoms with Gasteiger partial charge in [-0.15, -0.1) is 0 Å². The number of anilines is 1. The predicted octanol–water partition coefficient (Wildman–Crippen LogP) is 4.33. The zero-order chi connectivity index (χ0) is 21.7. The molecule has 0 aliphatic carbocycles. The molecule has 1 fully saturated rings. The summed E-state index contributed by atoms with van der Waals surface area (Å²) < 4.78 is 4.66. The number of benzene rings is 2. The lowest BCUT2D eigenvalue weighted by Gasteiger charge is -2.25. The van der Waals surface area contributed by atoms with E-state index in [2.05, 4.69) is 134 Å². The van der Waals surface area contributed by atoms with Gasteiger partial charge in [0, 0.05) is 8.95 Å². The number of halogens is 5. The molecule has 0 amide bonds. The maximum Gasteiger partial charge on any atom is 0.161 e. The lowest BCUT2D eigenvalue weighted by atomic mass is 9.87. The number of nitrogens with one attached hydrogen (secondary N) is 1. The Morgan fingerprint density at radius 1 is 0.733 bits per heavy atom. The van der Waals surface area contributed by atoms with Gasteiger partial charge in [0.15, 0.2) is 12.4 Å². The van der Waals surface area contributed by atoms with Crippen LogP contribution in [0.3, 0.4) is 0 Å². The second-order valence-corrected chi connectivity index (χ2v) is 13.3. The van der Waals surface area contributed by atoms with Crippen LogP contribution in [0.25, 0.3) is 0 Å². The highest BCUT2D eigenvalue weighted by molar-refractivity contribution is 9.11. The van der Waals surface area contributed by atoms with E-state index in [-0.39, 0.29) is 23.2 Å². The van der Waals surface area contributed by atoms with Crippen LogP contribution in [0.1, 0.15) is 52.7 Å². The maximum atomic E-state index is 3.85. The molecular formula is C23H29Br4ClN2. The summed E-state index contributed by atoms with van der Waals surface area (Å²) in [4.78, 5) is 3.93. The Balaban J connectivity index is 0.00000320. The average Bonchev–Trinajstić information content (AvgIpc) is 3.00. The minimum absolute atomic E-state index is 0. The zero-order valence-corrected chi connectivity index (χ0v) is 25.4. The summed E-state index contributed by atoms with van der Waals surface area (Å²) >= 11 is 15.4. The van der Waals surface area contributed by atoms with E-state index in [0.29, 0.717) is 0 Å². The standard InChI is InChI=1S/C23H28Br4N2.ClH/c1-22(2,3)14-9-16(24)20(17(25)10-14)28-7-8-29(13-28)21-18(26)11-15(12-19(21)27)23(4,5)6;/h9-12H,7-8,13H2,1-6H3;1H. The smallest absolute Gasteiger partial charge is 0.161 e. The number of hydrogen-bond acceptors (Lipinski definition) is 1. The third kappa shape index (κ3) is 5.66. The molecule has 0 aromatic heterocycles. The van der Waals surface area contributed by atoms with Crippen LogP contribution in [0.2, 0.25) is 0 Å². The molecule has 1 aliphatic heterocycles. The third-order valence-corrected chi connectivity index (χ3v) is 7.99. The van der Waals surface area contributed by atoms with E-state index in [1.165, 1.54) is 36.3 Å². The van der Waals surface area contributed by atoms with Gasteiger partial charge in [-0.25, -0.2) is 0 Å². The molecule has 166 valence electrons. The number of hydrogen-bond donors (Lipinski definition) is 1. The largest absolute Gasteiger partial charge is 1.00 e. The number of nitrogens with zero attached hydrogens (tertiary/aromatic N) is 1. The molecule has 30 heavy (non-hydrogen) atoms. The molecule has 2 nitrogen and oxygen atoms in total. The minimum atomic E-state index is 0. The Labute approximate surface area is 221 Å². The van der Waals surface area contributed by atoms with Crippen molar-refractivity contribution in [1.29, 1.82) is 0 Å². The van der Waals surface area contributed by atoms with Crippen LogP contribution in [-0.4, -0.2) is 19.8 Å². The Morgan fingerprint density at radius 2 is 1.13 bits per heavy atom. The van der Waals surface area contributed by atoms with Gasteiger partial charge in [0.05, 0.1) is 21.2 Å². The molecule has 1 saturated heterocycles. The van der Waals surface area contributed by atoms with Gasteiger partial charge in [0.1, 0.15) is 6.54 Å². The first-order chi connectivity index (χ1) is 13.3. The fraction of sp³-hybridized carbons (Fsp3) is 0.478. The summed E-state index contributed by atoms with van der Waals surface area (Å²) in [7, 11) is 0. The SMILES string of the molecule is CC(C)(C)c1cc(Br)c(N2CC[NH+](c3c(Br)cc(C(C)(C)C)cc3Br)C2)c(Br)c1.[Cl-]. The molecule has 1 heterocycles. The number of quaternary nitrogens is 1. The fourth-order valence-corrected chi connectivity index (χ4v) is 7.13. The van der Waals surface area contributed by atoms with Crippen molar-refractivity contribution in [3.05, 3.63) is 53.3 Å². The molecule has 1 unspecified atom stereocenters. The fourth-order valence-electron chi connectivity index (χ4n) is 3.70. The molecule has 0 radical (unpaired) electrons. The highest BCUT2D eigenvalue weighted by Crippen LogP contribution is 2.39. The van der Waals surface area contributed by atoms with Crippen molar-refractivity contribution in [2.24, 2.45) is 0 Å². The summed E-state index contributed by atoms with van der Waals surface area (Å²) in [6, 6.07) is 9.09. The molecular weight excluding hydrogens is 659 g/mol. The van der Waals surface area contributed by atoms with Crippen molar-refractivity contribution in [3.63, 3.8) is 0 Å². The first-order valence-electron chi connectivity index (χ1n) is 9.88. The van der Waals surface area contributed by atoms with Gasteiger partial charge < -0.3 is 17.3 Å². The van der Waals surface area contributed by atoms with Crippen molar-refractivity contribution >= 4 is 75.1 Å². The van der Waals surface area contributed by atoms with E-state index in [9.17, 15) is 0 Å². The Morgan fingerprint density at radius 3 is 1.53 bits per heavy atom. The van der Waals surface area contributed by atoms with E-state index in [0.717, 1.165) is 28.7 Å². The van der Waals surface area contributed by atoms with Crippen molar-refractivity contribution < 1.29 is 17.3 Å². The lowest BCUT2D eigenvalue weighted by Crippen LogP contribution is -3.06. The quantitative estimate of drug-likeness (QED) is 0.494. The van der Waals surface area contributed by atoms with E-state index in [4.69, 9.17) is 0 Å². The van der Waals surface area contributed by atoms with Gasteiger partial charge in [0.2, 0.25) is 0 Å². The summed E-state index contributed by atoms with van der Waals surface area (Å²) in [5.41, 5.74) is 5.45. The van der Waals surface area contributed by atoms with Crippen molar-refractivity contribution in [3.8, 4) is 0 Å². The van der Waals surface area contributed by atoms with E-state index < -0.39 is 0 Å². The molecule has 0 spiro atoms. The van der Waals surface area contributed by atoms with Crippen LogP contribution < -0.4 is 22.2 Å². The summed E-state index contributed by atoms with van der Waals surface area (Å²) in [6.45, 7) is 16.5. The highest BCUT2D eigenvalue weighted by atomic mass is 79.9. The monoisotopic (exact) mass is 684 g/mol. The molecule has 3 rings (SSSR count). The summed E-state index contributed by atoms with van der Waals surface area (Å²) in [5.74, 6) is 0. The predicted molar refractivity (Wildman–Crippen MR) is 139 cm³/mol. The Hall–Kier alpha value is 0.410. The van der Waals surface area contributed by atoms with Crippen molar-refractivity contribution in [2.75, 3.05) is 24.7 Å². The lowest BCUT2D eigenvalue weighted by molar-refractivity contribution is -0.818. The third-order valence-electron chi connectivity index (χ3n) is 5.53. The highest BCUT2D eigenvalue weighted by Gasteiger charge is 2.32. The van der Waals surface area contributed by atoms with Crippen molar-refractivity contribution in [1.82, 2.24) is 0 Å². The molecule has 7 heteroatoms. The van der Waals surface area contributed by atoms with Crippen LogP contribution in [-0.2, 0) is 10.8 Å². The van der Waals surface area contributed by atoms with Gasteiger partial charge in [-0.2, -0.15) is 0 Å². The maximum absolute atomic E-state index is 3.85. The summed E-state index contributed by atoms with van der Waals surface area (Å²) in [6.07, 6.45) is 0. The average molecular weight is 689 g/mol. The van der Waals surface area contributed by atoms with Crippen LogP contribution >= 0.6 is 63.7 Å². The molecule has 1 N–H and O–H groups in total. The molecule has 1 atom stereocenters. The van der Waals surface area contributed by atoms with Crippen LogP contribution in [0.4, 0.5) is 11.4 Å². The van der Waals surface area contributed by atoms with Crippen molar-refractivity contribution in [2.45, 2.75) is 52.4 Å². The van der Waals surface area contributed by atoms with Gasteiger partial charge in [0.25, 0.3) is 0 Å². The van der Waals surface area contributed by atoms with Gasteiger partial charge in [-0.1, -0.05) is 41.5 Å². The molecule has 0 saturated carbocycles. The van der Waals surface area contributed by atoms with E-state index in [1.807, 2.05) is 0 Å². The molecule has 0 bridgehead atoms. The van der Waals surface area contributed by atoms with Gasteiger partial charge in [-0.05, 0) is 110 Å². The van der Waals surface area contributed by atoms with Crippen LogP contribution in [0.5, 0.6) is 0 Å². The van der Waals surface area contributed by atoms with Crippen LogP contribution in [0, 0.1) is 0 Å². The summed E-state index contributed by atoms with van der Waals surface area (Å²) in [5, 5.41) is 0. The molecule has 1 aliphatic rings. The second kappa shape index (κ2) is 9.72. The van der Waals surface area contributed by atoms with Crippen LogP contribution in [0.15, 0.2) is 42.2 Å². The van der Waals surface area contributed by atoms with Gasteiger partial charge >= 0.3 is 0 Å². The molecule has 2 aromatic rings. The molecule has 2 aromatic carbocycles. The first kappa shape index (κ1) is 26.7. The van der Waals surface area contributed by atoms with E-state index in [1.54, 1.807) is 0 Å². The Bertz CT molecular complexity index is 810. The zero-order valence-electron chi connectivity index (χ0n) is 18.3. The van der Waals surface area contributed by atoms with E-state index >= 15 is 0 Å². The Kier molecular flexibility index (Phi) is 8.64. The second-order valence-electron chi connectivity index (χ2n) is 9.88. The normalized spacial score (nSPS) is 17.3. The van der Waals surface area contributed by atoms with Gasteiger partial charge in [-0.3, -0.25) is 4.90 Å². The first-order valence-corrected chi connectivity index (χ1v) is 13.1. The topological polar surface area (TPSA) is 7.68 Å².